The number of unbranched alkanes of at least 4 members (excludes halogenated alkanes) is 18. The van der Waals surface area contributed by atoms with E-state index in [1.807, 2.05) is 30.3 Å². The monoisotopic (exact) mass is 687 g/mol. The molecule has 1 aromatic rings. The Morgan fingerprint density at radius 2 is 0.959 bits per heavy atom. The van der Waals surface area contributed by atoms with Crippen LogP contribution in [0.3, 0.4) is 0 Å². The zero-order valence-electron chi connectivity index (χ0n) is 31.1. The quantitative estimate of drug-likeness (QED) is 0.0447. The highest BCUT2D eigenvalue weighted by Crippen LogP contribution is 2.12. The first-order chi connectivity index (χ1) is 24.0. The molecule has 0 aliphatic rings. The van der Waals surface area contributed by atoms with Crippen LogP contribution in [0.5, 0.6) is 0 Å². The lowest BCUT2D eigenvalue weighted by Gasteiger charge is -2.17. The highest BCUT2D eigenvalue weighted by atomic mass is 16.5. The molecule has 0 aliphatic carbocycles. The van der Waals surface area contributed by atoms with Crippen molar-refractivity contribution in [2.45, 2.75) is 162 Å². The van der Waals surface area contributed by atoms with Crippen molar-refractivity contribution in [3.8, 4) is 0 Å². The fourth-order valence-electron chi connectivity index (χ4n) is 5.78. The van der Waals surface area contributed by atoms with Crippen LogP contribution in [0.25, 0.3) is 0 Å². The summed E-state index contributed by atoms with van der Waals surface area (Å²) in [5.41, 5.74) is 0.880. The molecular formula is C40H70N4O5. The third-order valence-corrected chi connectivity index (χ3v) is 8.88. The fourth-order valence-corrected chi connectivity index (χ4v) is 5.78. The van der Waals surface area contributed by atoms with Crippen molar-refractivity contribution in [3.63, 3.8) is 0 Å². The molecule has 0 radical (unpaired) electrons. The van der Waals surface area contributed by atoms with Crippen molar-refractivity contribution in [1.29, 1.82) is 0 Å². The Labute approximate surface area is 298 Å². The summed E-state index contributed by atoms with van der Waals surface area (Å²) in [6.45, 7) is 6.06. The molecule has 1 unspecified atom stereocenters. The number of hydrogen-bond acceptors (Lipinski definition) is 5. The average Bonchev–Trinajstić information content (AvgIpc) is 3.11. The van der Waals surface area contributed by atoms with Gasteiger partial charge in [-0.1, -0.05) is 160 Å². The molecule has 49 heavy (non-hydrogen) atoms. The van der Waals surface area contributed by atoms with Crippen molar-refractivity contribution >= 4 is 23.8 Å². The van der Waals surface area contributed by atoms with Gasteiger partial charge in [-0.25, -0.2) is 4.79 Å². The molecule has 0 aliphatic heterocycles. The number of alkyl carbamates (subject to hydrolysis) is 1. The molecule has 0 saturated carbocycles. The summed E-state index contributed by atoms with van der Waals surface area (Å²) in [5, 5.41) is 11.2. The molecule has 0 aromatic heterocycles. The average molecular weight is 687 g/mol. The van der Waals surface area contributed by atoms with Crippen LogP contribution in [0.4, 0.5) is 4.79 Å². The lowest BCUT2D eigenvalue weighted by Crippen LogP contribution is -2.44. The van der Waals surface area contributed by atoms with E-state index in [2.05, 4.69) is 35.1 Å². The maximum atomic E-state index is 13.1. The Hall–Kier alpha value is -3.10. The van der Waals surface area contributed by atoms with Gasteiger partial charge in [0.2, 0.25) is 17.7 Å². The van der Waals surface area contributed by atoms with Crippen molar-refractivity contribution in [1.82, 2.24) is 21.3 Å². The Morgan fingerprint density at radius 1 is 0.531 bits per heavy atom. The molecule has 0 heterocycles. The van der Waals surface area contributed by atoms with Gasteiger partial charge in [0.15, 0.2) is 0 Å². The molecular weight excluding hydrogens is 616 g/mol. The predicted octanol–water partition coefficient (Wildman–Crippen LogP) is 8.50. The number of benzene rings is 1. The molecule has 1 atom stereocenters. The van der Waals surface area contributed by atoms with Gasteiger partial charge in [-0.05, 0) is 24.8 Å². The first kappa shape index (κ1) is 43.9. The molecule has 0 fully saturated rings. The van der Waals surface area contributed by atoms with Crippen molar-refractivity contribution < 1.29 is 23.9 Å². The van der Waals surface area contributed by atoms with Crippen LogP contribution >= 0.6 is 0 Å². The van der Waals surface area contributed by atoms with Crippen molar-refractivity contribution in [3.05, 3.63) is 35.9 Å². The number of carbonyl (C=O) groups excluding carboxylic acids is 4. The van der Waals surface area contributed by atoms with Gasteiger partial charge >= 0.3 is 6.09 Å². The van der Waals surface area contributed by atoms with Gasteiger partial charge in [-0.2, -0.15) is 0 Å². The normalized spacial score (nSPS) is 11.5. The summed E-state index contributed by atoms with van der Waals surface area (Å²) in [6.07, 6.45) is 24.1. The summed E-state index contributed by atoms with van der Waals surface area (Å²) < 4.78 is 5.20. The van der Waals surface area contributed by atoms with Gasteiger partial charge in [-0.15, -0.1) is 0 Å². The Morgan fingerprint density at radius 3 is 1.47 bits per heavy atom. The second-order valence-corrected chi connectivity index (χ2v) is 13.4. The Kier molecular flexibility index (Phi) is 28.8. The molecule has 1 rings (SSSR count). The summed E-state index contributed by atoms with van der Waals surface area (Å²) in [4.78, 5) is 50.8. The fraction of sp³-hybridized carbons (Fsp3) is 0.750. The van der Waals surface area contributed by atoms with Gasteiger partial charge in [0, 0.05) is 32.6 Å². The van der Waals surface area contributed by atoms with Crippen LogP contribution in [-0.2, 0) is 25.7 Å². The third kappa shape index (κ3) is 26.4. The van der Waals surface area contributed by atoms with Gasteiger partial charge in [0.1, 0.15) is 12.5 Å². The minimum atomic E-state index is -0.976. The summed E-state index contributed by atoms with van der Waals surface area (Å²) >= 11 is 0. The molecule has 4 N–H and O–H groups in total. The van der Waals surface area contributed by atoms with E-state index >= 15 is 0 Å². The molecule has 4 amide bonds. The zero-order valence-corrected chi connectivity index (χ0v) is 31.1. The first-order valence-corrected chi connectivity index (χ1v) is 19.7. The van der Waals surface area contributed by atoms with Crippen LogP contribution in [0.2, 0.25) is 0 Å². The van der Waals surface area contributed by atoms with E-state index in [1.54, 1.807) is 0 Å². The maximum absolute atomic E-state index is 13.1. The highest BCUT2D eigenvalue weighted by Gasteiger charge is 2.27. The van der Waals surface area contributed by atoms with E-state index < -0.39 is 17.9 Å². The Balaban J connectivity index is 2.37. The van der Waals surface area contributed by atoms with E-state index in [0.29, 0.717) is 13.1 Å². The van der Waals surface area contributed by atoms with Crippen LogP contribution in [0, 0.1) is 5.92 Å². The molecule has 0 saturated heterocycles. The number of nitrogens with one attached hydrogen (secondary N) is 4. The van der Waals surface area contributed by atoms with Crippen LogP contribution in [0.1, 0.15) is 161 Å². The minimum absolute atomic E-state index is 0.103. The predicted molar refractivity (Wildman–Crippen MR) is 200 cm³/mol. The Bertz CT molecular complexity index is 975. The standard InChI is InChI=1S/C40H70N4O5/c1-3-5-7-9-11-13-15-17-19-24-30-41-37(45)29-28-36(38(46)42-31-25-20-18-16-14-12-10-8-6-4-2)39(47)43-32-33-44-40(48)49-34-35-26-22-21-23-27-35/h21-23,26-27,36H,3-20,24-25,28-34H2,1-2H3,(H,41,45)(H,42,46)(H,43,47)(H,44,48). The molecule has 280 valence electrons. The second-order valence-electron chi connectivity index (χ2n) is 13.4. The van der Waals surface area contributed by atoms with Gasteiger partial charge in [0.25, 0.3) is 0 Å². The number of ether oxygens (including phenoxy) is 1. The highest BCUT2D eigenvalue weighted by molar-refractivity contribution is 6.00. The van der Waals surface area contributed by atoms with Gasteiger partial charge in [-0.3, -0.25) is 14.4 Å². The van der Waals surface area contributed by atoms with E-state index in [-0.39, 0.29) is 44.4 Å². The molecule has 9 heteroatoms. The van der Waals surface area contributed by atoms with Gasteiger partial charge < -0.3 is 26.0 Å². The molecule has 0 bridgehead atoms. The molecule has 9 nitrogen and oxygen atoms in total. The summed E-state index contributed by atoms with van der Waals surface area (Å²) in [5.74, 6) is -1.91. The topological polar surface area (TPSA) is 126 Å². The smallest absolute Gasteiger partial charge is 0.407 e. The maximum Gasteiger partial charge on any atom is 0.407 e. The number of amides is 4. The van der Waals surface area contributed by atoms with Crippen molar-refractivity contribution in [2.24, 2.45) is 5.92 Å². The van der Waals surface area contributed by atoms with E-state index in [4.69, 9.17) is 4.74 Å². The van der Waals surface area contributed by atoms with E-state index in [9.17, 15) is 19.2 Å². The number of rotatable bonds is 32. The van der Waals surface area contributed by atoms with Crippen LogP contribution in [-0.4, -0.2) is 50.0 Å². The SMILES string of the molecule is CCCCCCCCCCCCNC(=O)CCC(C(=O)NCCCCCCCCCCCC)C(=O)NCCNC(=O)OCc1ccccc1. The van der Waals surface area contributed by atoms with Crippen LogP contribution in [0.15, 0.2) is 30.3 Å². The van der Waals surface area contributed by atoms with E-state index in [1.165, 1.54) is 96.3 Å². The lowest BCUT2D eigenvalue weighted by atomic mass is 10.0. The van der Waals surface area contributed by atoms with Crippen LogP contribution < -0.4 is 21.3 Å². The molecule has 1 aromatic carbocycles. The minimum Gasteiger partial charge on any atom is -0.445 e. The zero-order chi connectivity index (χ0) is 35.6. The van der Waals surface area contributed by atoms with E-state index in [0.717, 1.165) is 37.7 Å². The largest absolute Gasteiger partial charge is 0.445 e. The second kappa shape index (κ2) is 32.1. The number of carbonyl (C=O) groups is 4. The van der Waals surface area contributed by atoms with Gasteiger partial charge in [0.05, 0.1) is 0 Å². The summed E-state index contributed by atoms with van der Waals surface area (Å²) in [7, 11) is 0. The number of hydrogen-bond donors (Lipinski definition) is 4. The van der Waals surface area contributed by atoms with Crippen molar-refractivity contribution in [2.75, 3.05) is 26.2 Å². The first-order valence-electron chi connectivity index (χ1n) is 19.7. The lowest BCUT2D eigenvalue weighted by molar-refractivity contribution is -0.135. The third-order valence-electron chi connectivity index (χ3n) is 8.88. The summed E-state index contributed by atoms with van der Waals surface area (Å²) in [6, 6.07) is 9.38. The molecule has 0 spiro atoms.